The number of carbonyl (C=O) groups is 5. The maximum Gasteiger partial charge on any atom is 0.325 e. The van der Waals surface area contributed by atoms with Gasteiger partial charge in [0.05, 0.1) is 13.2 Å². The van der Waals surface area contributed by atoms with E-state index in [2.05, 4.69) is 21.3 Å². The van der Waals surface area contributed by atoms with Crippen molar-refractivity contribution in [1.82, 2.24) is 21.3 Å². The van der Waals surface area contributed by atoms with Gasteiger partial charge in [-0.25, -0.2) is 0 Å². The number of nitrogens with one attached hydrogen (secondary N) is 4. The number of amides is 4. The molecule has 4 aromatic rings. The number of rotatable bonds is 23. The minimum atomic E-state index is -2.05. The number of carbonyl (C=O) groups excluding carboxylic acids is 5. The first-order valence-corrected chi connectivity index (χ1v) is 23.8. The van der Waals surface area contributed by atoms with Crippen LogP contribution >= 0.6 is 22.7 Å². The Morgan fingerprint density at radius 3 is 1.44 bits per heavy atom. The molecule has 0 radical (unpaired) electrons. The van der Waals surface area contributed by atoms with Gasteiger partial charge in [-0.2, -0.15) is 22.7 Å². The fourth-order valence-electron chi connectivity index (χ4n) is 6.84. The third-order valence-electron chi connectivity index (χ3n) is 11.3. The van der Waals surface area contributed by atoms with E-state index in [-0.39, 0.29) is 19.1 Å². The van der Waals surface area contributed by atoms with Crippen molar-refractivity contribution in [2.24, 2.45) is 22.5 Å². The van der Waals surface area contributed by atoms with Gasteiger partial charge in [0.15, 0.2) is 19.0 Å². The van der Waals surface area contributed by atoms with E-state index in [1.54, 1.807) is 71.1 Å². The number of likely N-dealkylation sites (N-methyl/N-ethyl adjacent to an activating group) is 2. The fourth-order valence-corrected chi connectivity index (χ4v) is 8.17. The average Bonchev–Trinajstić information content (AvgIpc) is 4.04. The minimum Gasteiger partial charge on any atom is -0.437 e. The Bertz CT molecular complexity index is 2150. The van der Waals surface area contributed by atoms with E-state index in [0.717, 1.165) is 22.3 Å². The molecule has 2 aromatic carbocycles. The lowest BCUT2D eigenvalue weighted by Crippen LogP contribution is -2.62. The van der Waals surface area contributed by atoms with Crippen LogP contribution in [0.15, 0.2) is 82.2 Å². The van der Waals surface area contributed by atoms with Gasteiger partial charge in [0.2, 0.25) is 11.8 Å². The highest BCUT2D eigenvalue weighted by atomic mass is 32.1. The van der Waals surface area contributed by atoms with Crippen LogP contribution in [0.5, 0.6) is 0 Å². The molecule has 4 amide bonds. The Hall–Kier alpha value is -5.01. The first-order chi connectivity index (χ1) is 31.2. The van der Waals surface area contributed by atoms with Crippen molar-refractivity contribution in [2.45, 2.75) is 118 Å². The topological polar surface area (TPSA) is 217 Å². The van der Waals surface area contributed by atoms with Crippen molar-refractivity contribution >= 4 is 52.3 Å². The number of aliphatic hydroxyl groups is 1. The number of ether oxygens (including phenoxy) is 4. The molecule has 4 rings (SSSR count). The van der Waals surface area contributed by atoms with Crippen LogP contribution in [0.4, 0.5) is 0 Å². The number of benzene rings is 2. The molecule has 0 aliphatic rings. The second-order valence-corrected chi connectivity index (χ2v) is 19.9. The molecule has 8 atom stereocenters. The lowest BCUT2D eigenvalue weighted by atomic mass is 9.85. The standard InChI is InChI=1S/C49H67N5O10S2/c1-11-29(2)36(50)47(60)64-28-63-38(40(44(57)54-42(46(59)52-10)49(6,7)8)62-25-31-14-18-33(19-15-31)35-21-23-66-27-35)37(55)39(43(56)53-41(45(58)51-9)48(3,4)5)61-24-30-12-16-32(17-13-30)34-20-22-65-26-34/h12-23,26-27,29,36-42,55H,11,24-25,28,50H2,1-10H3,(H,51,58)(H,52,59)(H,53,56)(H,54,57)/t29-,36-,37+,38+,39+,40+,41+,42+/m0/s1. The van der Waals surface area contributed by atoms with Crippen LogP contribution in [0.1, 0.15) is 72.9 Å². The molecule has 0 fully saturated rings. The molecule has 0 aliphatic heterocycles. The van der Waals surface area contributed by atoms with Gasteiger partial charge in [0.25, 0.3) is 11.8 Å². The van der Waals surface area contributed by atoms with Crippen LogP contribution in [0.2, 0.25) is 0 Å². The smallest absolute Gasteiger partial charge is 0.325 e. The monoisotopic (exact) mass is 949 g/mol. The molecule has 0 spiro atoms. The Kier molecular flexibility index (Phi) is 20.0. The zero-order valence-electron chi connectivity index (χ0n) is 39.5. The van der Waals surface area contributed by atoms with Crippen molar-refractivity contribution in [3.05, 3.63) is 93.3 Å². The number of aliphatic hydroxyl groups excluding tert-OH is 1. The van der Waals surface area contributed by atoms with E-state index in [9.17, 15) is 29.1 Å². The number of hydrogen-bond acceptors (Lipinski definition) is 13. The molecule has 2 aromatic heterocycles. The van der Waals surface area contributed by atoms with Crippen LogP contribution in [0.25, 0.3) is 22.3 Å². The first-order valence-electron chi connectivity index (χ1n) is 21.9. The van der Waals surface area contributed by atoms with Gasteiger partial charge in [0, 0.05) is 14.1 Å². The highest BCUT2D eigenvalue weighted by molar-refractivity contribution is 7.08. The highest BCUT2D eigenvalue weighted by Crippen LogP contribution is 2.27. The van der Waals surface area contributed by atoms with Crippen molar-refractivity contribution in [3.8, 4) is 22.3 Å². The molecule has 0 saturated heterocycles. The van der Waals surface area contributed by atoms with Crippen LogP contribution in [-0.2, 0) is 56.1 Å². The highest BCUT2D eigenvalue weighted by Gasteiger charge is 2.46. The van der Waals surface area contributed by atoms with E-state index >= 15 is 0 Å². The van der Waals surface area contributed by atoms with Crippen LogP contribution in [0.3, 0.4) is 0 Å². The number of thiophene rings is 2. The number of nitrogens with two attached hydrogens (primary N) is 1. The molecule has 0 aliphatic carbocycles. The molecule has 0 saturated carbocycles. The molecule has 360 valence electrons. The van der Waals surface area contributed by atoms with Crippen molar-refractivity contribution in [2.75, 3.05) is 20.9 Å². The first kappa shape index (κ1) is 53.6. The maximum atomic E-state index is 14.7. The molecule has 0 bridgehead atoms. The molecule has 2 heterocycles. The third kappa shape index (κ3) is 15.0. The zero-order valence-corrected chi connectivity index (χ0v) is 41.2. The molecule has 0 unspecified atom stereocenters. The lowest BCUT2D eigenvalue weighted by molar-refractivity contribution is -0.205. The summed E-state index contributed by atoms with van der Waals surface area (Å²) in [6.07, 6.45) is -6.90. The van der Waals surface area contributed by atoms with Crippen LogP contribution in [0, 0.1) is 16.7 Å². The van der Waals surface area contributed by atoms with Gasteiger partial charge in [-0.1, -0.05) is 110 Å². The summed E-state index contributed by atoms with van der Waals surface area (Å²) in [6.45, 7) is 13.0. The summed E-state index contributed by atoms with van der Waals surface area (Å²) in [6, 6.07) is 15.6. The lowest BCUT2D eigenvalue weighted by Gasteiger charge is -2.37. The SMILES string of the molecule is CC[C@H](C)[C@H](N)C(=O)OCO[C@H]([C@@H](O)[C@@H](OCc1ccc(-c2ccsc2)cc1)C(=O)N[C@H](C(=O)NC)C(C)(C)C)[C@@H](OCc1ccc(-c2ccsc2)cc1)C(=O)N[C@H](C(=O)NC)C(C)(C)C. The van der Waals surface area contributed by atoms with Crippen molar-refractivity contribution in [3.63, 3.8) is 0 Å². The summed E-state index contributed by atoms with van der Waals surface area (Å²) in [7, 11) is 2.88. The molecule has 66 heavy (non-hydrogen) atoms. The summed E-state index contributed by atoms with van der Waals surface area (Å²) in [4.78, 5) is 68.9. The average molecular weight is 950 g/mol. The van der Waals surface area contributed by atoms with E-state index in [0.29, 0.717) is 17.5 Å². The molecular weight excluding hydrogens is 883 g/mol. The Morgan fingerprint density at radius 2 is 1.06 bits per heavy atom. The van der Waals surface area contributed by atoms with E-state index in [1.165, 1.54) is 14.1 Å². The van der Waals surface area contributed by atoms with E-state index in [1.807, 2.05) is 89.1 Å². The maximum absolute atomic E-state index is 14.7. The Balaban J connectivity index is 1.81. The predicted molar refractivity (Wildman–Crippen MR) is 257 cm³/mol. The second-order valence-electron chi connectivity index (χ2n) is 18.3. The molecular formula is C49H67N5O10S2. The summed E-state index contributed by atoms with van der Waals surface area (Å²) < 4.78 is 24.3. The summed E-state index contributed by atoms with van der Waals surface area (Å²) >= 11 is 3.13. The number of hydrogen-bond donors (Lipinski definition) is 6. The fraction of sp³-hybridized carbons (Fsp3) is 0.490. The zero-order chi connectivity index (χ0) is 48.8. The summed E-state index contributed by atoms with van der Waals surface area (Å²) in [5.41, 5.74) is 9.79. The molecule has 17 heteroatoms. The van der Waals surface area contributed by atoms with Crippen LogP contribution < -0.4 is 27.0 Å². The van der Waals surface area contributed by atoms with Crippen molar-refractivity contribution in [1.29, 1.82) is 0 Å². The normalized spacial score (nSPS) is 15.5. The number of esters is 1. The minimum absolute atomic E-state index is 0.204. The summed E-state index contributed by atoms with van der Waals surface area (Å²) in [5.74, 6) is -3.85. The van der Waals surface area contributed by atoms with Crippen LogP contribution in [-0.4, -0.2) is 98.1 Å². The van der Waals surface area contributed by atoms with Gasteiger partial charge in [-0.3, -0.25) is 24.0 Å². The second kappa shape index (κ2) is 24.7. The summed E-state index contributed by atoms with van der Waals surface area (Å²) in [5, 5.41) is 31.3. The van der Waals surface area contributed by atoms with E-state index < -0.39 is 89.8 Å². The Labute approximate surface area is 396 Å². The van der Waals surface area contributed by atoms with E-state index in [4.69, 9.17) is 24.7 Å². The Morgan fingerprint density at radius 1 is 0.636 bits per heavy atom. The third-order valence-corrected chi connectivity index (χ3v) is 12.6. The van der Waals surface area contributed by atoms with Crippen molar-refractivity contribution < 1.29 is 48.0 Å². The molecule has 7 N–H and O–H groups in total. The quantitative estimate of drug-likeness (QED) is 0.0387. The van der Waals surface area contributed by atoms with Gasteiger partial charge in [-0.15, -0.1) is 0 Å². The predicted octanol–water partition coefficient (Wildman–Crippen LogP) is 5.79. The van der Waals surface area contributed by atoms with Gasteiger partial charge >= 0.3 is 5.97 Å². The van der Waals surface area contributed by atoms with Gasteiger partial charge in [0.1, 0.15) is 30.3 Å². The largest absolute Gasteiger partial charge is 0.437 e. The van der Waals surface area contributed by atoms with Gasteiger partial charge in [-0.05, 0) is 83.8 Å². The van der Waals surface area contributed by atoms with Gasteiger partial charge < -0.3 is 51.1 Å². The molecule has 15 nitrogen and oxygen atoms in total.